The van der Waals surface area contributed by atoms with Gasteiger partial charge in [0.2, 0.25) is 0 Å². The largest absolute Gasteiger partial charge is 0.309 e. The van der Waals surface area contributed by atoms with E-state index in [2.05, 4.69) is 51.3 Å². The predicted octanol–water partition coefficient (Wildman–Crippen LogP) is 3.44. The highest BCUT2D eigenvalue weighted by Crippen LogP contribution is 2.33. The lowest BCUT2D eigenvalue weighted by atomic mass is 9.98. The maximum atomic E-state index is 4.79. The highest BCUT2D eigenvalue weighted by atomic mass is 15.3. The molecule has 0 aliphatic carbocycles. The van der Waals surface area contributed by atoms with Gasteiger partial charge in [-0.25, -0.2) is 0 Å². The van der Waals surface area contributed by atoms with Crippen molar-refractivity contribution in [1.82, 2.24) is 15.1 Å². The Morgan fingerprint density at radius 3 is 2.70 bits per heavy atom. The van der Waals surface area contributed by atoms with Crippen LogP contribution in [-0.4, -0.2) is 16.3 Å². The Morgan fingerprint density at radius 2 is 2.05 bits per heavy atom. The average molecular weight is 269 g/mol. The SMILES string of the molecule is Cc1ccc(-c2c(C)c(C3CCCN3)nn2C)c(C)c1. The maximum Gasteiger partial charge on any atom is 0.0829 e. The fourth-order valence-electron chi connectivity index (χ4n) is 3.36. The predicted molar refractivity (Wildman–Crippen MR) is 82.8 cm³/mol. The first-order valence-electron chi connectivity index (χ1n) is 7.42. The van der Waals surface area contributed by atoms with Crippen LogP contribution in [0.2, 0.25) is 0 Å². The lowest BCUT2D eigenvalue weighted by Gasteiger charge is -2.10. The first kappa shape index (κ1) is 13.4. The van der Waals surface area contributed by atoms with Crippen molar-refractivity contribution >= 4 is 0 Å². The van der Waals surface area contributed by atoms with E-state index in [-0.39, 0.29) is 0 Å². The third-order valence-corrected chi connectivity index (χ3v) is 4.35. The van der Waals surface area contributed by atoms with E-state index >= 15 is 0 Å². The van der Waals surface area contributed by atoms with Crippen molar-refractivity contribution in [2.45, 2.75) is 39.7 Å². The molecule has 0 radical (unpaired) electrons. The number of hydrogen-bond donors (Lipinski definition) is 1. The molecule has 0 saturated carbocycles. The molecule has 2 aromatic rings. The Bertz CT molecular complexity index is 634. The molecule has 20 heavy (non-hydrogen) atoms. The highest BCUT2D eigenvalue weighted by molar-refractivity contribution is 5.68. The lowest BCUT2D eigenvalue weighted by Crippen LogP contribution is -2.14. The number of aryl methyl sites for hydroxylation is 3. The zero-order valence-electron chi connectivity index (χ0n) is 12.8. The van der Waals surface area contributed by atoms with Gasteiger partial charge in [0.1, 0.15) is 0 Å². The summed E-state index contributed by atoms with van der Waals surface area (Å²) in [5.41, 5.74) is 7.73. The zero-order chi connectivity index (χ0) is 14.3. The second-order valence-corrected chi connectivity index (χ2v) is 5.95. The summed E-state index contributed by atoms with van der Waals surface area (Å²) in [4.78, 5) is 0. The zero-order valence-corrected chi connectivity index (χ0v) is 12.8. The molecular weight excluding hydrogens is 246 g/mol. The van der Waals surface area contributed by atoms with Crippen LogP contribution >= 0.6 is 0 Å². The van der Waals surface area contributed by atoms with Crippen molar-refractivity contribution in [2.24, 2.45) is 7.05 Å². The van der Waals surface area contributed by atoms with Gasteiger partial charge in [-0.05, 0) is 51.3 Å². The van der Waals surface area contributed by atoms with Crippen molar-refractivity contribution < 1.29 is 0 Å². The van der Waals surface area contributed by atoms with E-state index < -0.39 is 0 Å². The summed E-state index contributed by atoms with van der Waals surface area (Å²) in [5, 5.41) is 8.34. The third kappa shape index (κ3) is 2.16. The molecule has 1 unspecified atom stereocenters. The quantitative estimate of drug-likeness (QED) is 0.905. The standard InChI is InChI=1S/C17H23N3/c1-11-7-8-14(12(2)10-11)17-13(3)16(19-20(17)4)15-6-5-9-18-15/h7-8,10,15,18H,5-6,9H2,1-4H3. The number of nitrogens with one attached hydrogen (secondary N) is 1. The van der Waals surface area contributed by atoms with E-state index in [1.54, 1.807) is 0 Å². The summed E-state index contributed by atoms with van der Waals surface area (Å²) in [5.74, 6) is 0. The lowest BCUT2D eigenvalue weighted by molar-refractivity contribution is 0.605. The first-order chi connectivity index (χ1) is 9.58. The van der Waals surface area contributed by atoms with Gasteiger partial charge < -0.3 is 5.32 Å². The van der Waals surface area contributed by atoms with Crippen LogP contribution < -0.4 is 5.32 Å². The summed E-state index contributed by atoms with van der Waals surface area (Å²) < 4.78 is 2.04. The fourth-order valence-corrected chi connectivity index (χ4v) is 3.36. The molecule has 1 fully saturated rings. The number of aromatic nitrogens is 2. The number of hydrogen-bond acceptors (Lipinski definition) is 2. The maximum absolute atomic E-state index is 4.79. The third-order valence-electron chi connectivity index (χ3n) is 4.35. The van der Waals surface area contributed by atoms with Crippen molar-refractivity contribution in [3.05, 3.63) is 40.6 Å². The van der Waals surface area contributed by atoms with E-state index in [4.69, 9.17) is 5.10 Å². The van der Waals surface area contributed by atoms with Crippen molar-refractivity contribution in [3.8, 4) is 11.3 Å². The molecule has 3 rings (SSSR count). The Hall–Kier alpha value is -1.61. The number of rotatable bonds is 2. The Morgan fingerprint density at radius 1 is 1.25 bits per heavy atom. The molecule has 1 aromatic carbocycles. The molecule has 2 heterocycles. The minimum absolute atomic E-state index is 0.431. The summed E-state index contributed by atoms with van der Waals surface area (Å²) >= 11 is 0. The molecule has 1 saturated heterocycles. The molecular formula is C17H23N3. The molecule has 1 atom stereocenters. The fraction of sp³-hybridized carbons (Fsp3) is 0.471. The van der Waals surface area contributed by atoms with Crippen LogP contribution in [-0.2, 0) is 7.05 Å². The van der Waals surface area contributed by atoms with Crippen LogP contribution in [0.4, 0.5) is 0 Å². The molecule has 1 aliphatic rings. The number of nitrogens with zero attached hydrogens (tertiary/aromatic N) is 2. The van der Waals surface area contributed by atoms with Gasteiger partial charge in [0, 0.05) is 12.6 Å². The minimum atomic E-state index is 0.431. The summed E-state index contributed by atoms with van der Waals surface area (Å²) in [6, 6.07) is 7.08. The highest BCUT2D eigenvalue weighted by Gasteiger charge is 2.24. The van der Waals surface area contributed by atoms with Gasteiger partial charge in [-0.15, -0.1) is 0 Å². The van der Waals surface area contributed by atoms with Crippen LogP contribution in [0.1, 0.15) is 41.3 Å². The van der Waals surface area contributed by atoms with Crippen LogP contribution in [0.5, 0.6) is 0 Å². The van der Waals surface area contributed by atoms with Crippen molar-refractivity contribution in [3.63, 3.8) is 0 Å². The Kier molecular flexibility index (Phi) is 3.38. The molecule has 0 bridgehead atoms. The molecule has 106 valence electrons. The second kappa shape index (κ2) is 5.06. The van der Waals surface area contributed by atoms with E-state index in [1.165, 1.54) is 46.5 Å². The van der Waals surface area contributed by atoms with E-state index in [0.717, 1.165) is 6.54 Å². The van der Waals surface area contributed by atoms with Crippen molar-refractivity contribution in [2.75, 3.05) is 6.54 Å². The van der Waals surface area contributed by atoms with Gasteiger partial charge in [-0.2, -0.15) is 5.10 Å². The molecule has 0 amide bonds. The number of benzene rings is 1. The van der Waals surface area contributed by atoms with Crippen LogP contribution in [0, 0.1) is 20.8 Å². The summed E-state index contributed by atoms with van der Waals surface area (Å²) in [6.07, 6.45) is 2.45. The van der Waals surface area contributed by atoms with Gasteiger partial charge in [-0.1, -0.05) is 23.8 Å². The average Bonchev–Trinajstić information content (AvgIpc) is 3.00. The van der Waals surface area contributed by atoms with Gasteiger partial charge >= 0.3 is 0 Å². The topological polar surface area (TPSA) is 29.9 Å². The molecule has 3 nitrogen and oxygen atoms in total. The van der Waals surface area contributed by atoms with Gasteiger partial charge in [0.15, 0.2) is 0 Å². The van der Waals surface area contributed by atoms with Crippen LogP contribution in [0.15, 0.2) is 18.2 Å². The van der Waals surface area contributed by atoms with Crippen LogP contribution in [0.25, 0.3) is 11.3 Å². The van der Waals surface area contributed by atoms with Gasteiger partial charge in [-0.3, -0.25) is 4.68 Å². The molecule has 1 aliphatic heterocycles. The molecule has 3 heteroatoms. The molecule has 0 spiro atoms. The summed E-state index contributed by atoms with van der Waals surface area (Å²) in [7, 11) is 2.06. The van der Waals surface area contributed by atoms with Gasteiger partial charge in [0.25, 0.3) is 0 Å². The Balaban J connectivity index is 2.09. The van der Waals surface area contributed by atoms with E-state index in [1.807, 2.05) is 4.68 Å². The summed E-state index contributed by atoms with van der Waals surface area (Å²) in [6.45, 7) is 7.64. The molecule has 1 N–H and O–H groups in total. The van der Waals surface area contributed by atoms with Gasteiger partial charge in [0.05, 0.1) is 17.4 Å². The van der Waals surface area contributed by atoms with Crippen molar-refractivity contribution in [1.29, 1.82) is 0 Å². The monoisotopic (exact) mass is 269 g/mol. The molecule has 1 aromatic heterocycles. The smallest absolute Gasteiger partial charge is 0.0829 e. The van der Waals surface area contributed by atoms with E-state index in [0.29, 0.717) is 6.04 Å². The van der Waals surface area contributed by atoms with Crippen LogP contribution in [0.3, 0.4) is 0 Å². The Labute approximate surface area is 121 Å². The second-order valence-electron chi connectivity index (χ2n) is 5.95. The normalized spacial score (nSPS) is 18.7. The van der Waals surface area contributed by atoms with E-state index in [9.17, 15) is 0 Å². The minimum Gasteiger partial charge on any atom is -0.309 e. The first-order valence-corrected chi connectivity index (χ1v) is 7.42.